The van der Waals surface area contributed by atoms with E-state index in [0.29, 0.717) is 5.92 Å². The number of carbonyl (C=O) groups excluding carboxylic acids is 1. The Bertz CT molecular complexity index is 1920. The van der Waals surface area contributed by atoms with Crippen molar-refractivity contribution < 1.29 is 70.7 Å². The SMILES string of the molecule is CC#CC#CC#CC.CC(C)(OO)C1=NCC[NH2+]1.CC(C)(OO)C1=NCC[NH2+]1.CC(C)C1=NCC[NH2+]1.COC1(OOC(C)(C)C2=NCC[NH2+]2)C=CC(=O)C=C1.COc1ccc(O)cc1.O=O. The Morgan fingerprint density at radius 1 is 0.652 bits per heavy atom. The van der Waals surface area contributed by atoms with Crippen molar-refractivity contribution in [3.63, 3.8) is 0 Å². The number of ketones is 1. The molecule has 0 atom stereocenters. The summed E-state index contributed by atoms with van der Waals surface area (Å²) < 4.78 is 10.1. The Hall–Kier alpha value is -5.51. The maximum atomic E-state index is 11.1. The molecule has 0 fully saturated rings. The fourth-order valence-electron chi connectivity index (χ4n) is 5.36. The molecule has 0 unspecified atom stereocenters. The van der Waals surface area contributed by atoms with Crippen molar-refractivity contribution in [2.24, 2.45) is 25.9 Å². The molecule has 0 spiro atoms. The van der Waals surface area contributed by atoms with E-state index in [1.165, 1.54) is 37.2 Å². The summed E-state index contributed by atoms with van der Waals surface area (Å²) in [6, 6.07) is 6.57. The van der Waals surface area contributed by atoms with Crippen molar-refractivity contribution in [2.75, 3.05) is 66.6 Å². The van der Waals surface area contributed by atoms with Gasteiger partial charge >= 0.3 is 0 Å². The first-order valence-corrected chi connectivity index (χ1v) is 21.2. The largest absolute Gasteiger partial charge is 0.508 e. The first-order valence-electron chi connectivity index (χ1n) is 21.2. The van der Waals surface area contributed by atoms with Gasteiger partial charge in [-0.3, -0.25) is 36.6 Å². The van der Waals surface area contributed by atoms with E-state index < -0.39 is 22.6 Å². The van der Waals surface area contributed by atoms with E-state index in [0.717, 1.165) is 75.6 Å². The van der Waals surface area contributed by atoms with Crippen molar-refractivity contribution >= 4 is 29.1 Å². The molecule has 364 valence electrons. The first-order chi connectivity index (χ1) is 31.3. The molecular formula is C46H72N8O12+4. The average Bonchev–Trinajstić information content (AvgIpc) is 4.19. The summed E-state index contributed by atoms with van der Waals surface area (Å²) in [6.07, 6.45) is 5.81. The molecule has 20 heteroatoms. The van der Waals surface area contributed by atoms with Crippen molar-refractivity contribution in [3.8, 4) is 47.0 Å². The zero-order valence-electron chi connectivity index (χ0n) is 40.5. The number of rotatable bonds is 11. The van der Waals surface area contributed by atoms with E-state index in [-0.39, 0.29) is 11.5 Å². The standard InChI is InChI=1S/C13H18N2O4.C8H6.C7H8O2.2C6H12N2O2.C6H12N2.O2/c1-12(2,11-14-8-9-15-11)18-19-13(17-3)6-4-10(16)5-7-13;1-3-5-7-8-6-4-2;1-9-7-4-2-6(8)3-5-7;2*1-6(2,10-9)5-7-3-4-8-5;1-5(2)6-7-3-4-8-6;1-2/h4-7H,8-9H2,1-3H3,(H,14,15);1-2H3;2-5,8H,1H3;2*9H,3-4H2,1-2H3,(H,7,8);5H,3-4H2,1-2H3,(H,7,8);/p+4. The van der Waals surface area contributed by atoms with Crippen LogP contribution in [0.2, 0.25) is 0 Å². The number of phenols is 1. The smallest absolute Gasteiger partial charge is 0.240 e. The van der Waals surface area contributed by atoms with E-state index in [4.69, 9.17) is 44.8 Å². The van der Waals surface area contributed by atoms with Crippen LogP contribution in [-0.2, 0) is 29.1 Å². The number of carbonyl (C=O) groups is 1. The number of quaternary nitrogens is 4. The van der Waals surface area contributed by atoms with E-state index in [1.807, 2.05) is 29.8 Å². The van der Waals surface area contributed by atoms with Gasteiger partial charge in [0.25, 0.3) is 0 Å². The lowest BCUT2D eigenvalue weighted by Crippen LogP contribution is -2.90. The van der Waals surface area contributed by atoms with Crippen molar-refractivity contribution in [3.05, 3.63) is 58.5 Å². The number of hydrogen-bond acceptors (Lipinski definition) is 16. The quantitative estimate of drug-likeness (QED) is 0.0684. The summed E-state index contributed by atoms with van der Waals surface area (Å²) in [5, 5.41) is 33.9. The summed E-state index contributed by atoms with van der Waals surface area (Å²) >= 11 is 0. The fraction of sp³-hybridized carbons (Fsp3) is 0.543. The average molecular weight is 929 g/mol. The van der Waals surface area contributed by atoms with Crippen LogP contribution < -0.4 is 26.0 Å². The molecule has 0 amide bonds. The number of ether oxygens (including phenoxy) is 2. The summed E-state index contributed by atoms with van der Waals surface area (Å²) in [6.45, 7) is 26.2. The van der Waals surface area contributed by atoms with E-state index in [9.17, 15) is 4.79 Å². The molecule has 6 rings (SSSR count). The third kappa shape index (κ3) is 24.1. The minimum atomic E-state index is -1.16. The van der Waals surface area contributed by atoms with Crippen LogP contribution in [0.4, 0.5) is 0 Å². The minimum Gasteiger partial charge on any atom is -0.508 e. The van der Waals surface area contributed by atoms with Gasteiger partial charge in [0, 0.05) is 23.0 Å². The minimum absolute atomic E-state index is 0.107. The van der Waals surface area contributed by atoms with Gasteiger partial charge in [-0.05, 0) is 128 Å². The predicted octanol–water partition coefficient (Wildman–Crippen LogP) is 0.309. The molecule has 20 nitrogen and oxygen atoms in total. The zero-order valence-corrected chi connectivity index (χ0v) is 40.5. The second-order valence-electron chi connectivity index (χ2n) is 15.8. The fourth-order valence-corrected chi connectivity index (χ4v) is 5.36. The maximum absolute atomic E-state index is 11.1. The van der Waals surface area contributed by atoms with Gasteiger partial charge in [0.05, 0.1) is 33.3 Å². The number of aromatic hydroxyl groups is 1. The van der Waals surface area contributed by atoms with Gasteiger partial charge in [-0.15, -0.1) is 0 Å². The zero-order chi connectivity index (χ0) is 50.1. The molecule has 0 saturated carbocycles. The molecule has 11 N–H and O–H groups in total. The molecular weight excluding hydrogens is 857 g/mol. The second kappa shape index (κ2) is 33.0. The lowest BCUT2D eigenvalue weighted by Gasteiger charge is -2.30. The number of amidine groups is 4. The number of nitrogens with two attached hydrogens (primary N) is 4. The number of hydrogen-bond donors (Lipinski definition) is 7. The van der Waals surface area contributed by atoms with Crippen LogP contribution in [0.1, 0.15) is 69.2 Å². The molecule has 0 aromatic heterocycles. The van der Waals surface area contributed by atoms with Gasteiger partial charge in [-0.25, -0.2) is 34.6 Å². The van der Waals surface area contributed by atoms with Crippen LogP contribution in [0.3, 0.4) is 0 Å². The van der Waals surface area contributed by atoms with Gasteiger partial charge in [-0.2, -0.15) is 4.89 Å². The van der Waals surface area contributed by atoms with Crippen LogP contribution in [0, 0.1) is 51.4 Å². The van der Waals surface area contributed by atoms with Crippen LogP contribution in [0.5, 0.6) is 11.5 Å². The van der Waals surface area contributed by atoms with E-state index >= 15 is 0 Å². The molecule has 66 heavy (non-hydrogen) atoms. The Kier molecular flexibility index (Phi) is 30.3. The van der Waals surface area contributed by atoms with Crippen molar-refractivity contribution in [1.29, 1.82) is 0 Å². The molecule has 1 aromatic rings. The van der Waals surface area contributed by atoms with Crippen LogP contribution in [0.25, 0.3) is 0 Å². The predicted molar refractivity (Wildman–Crippen MR) is 252 cm³/mol. The van der Waals surface area contributed by atoms with Gasteiger partial charge in [-0.1, -0.05) is 25.7 Å². The third-order valence-corrected chi connectivity index (χ3v) is 9.09. The number of nitrogens with zero attached hydrogens (tertiary/aromatic N) is 4. The van der Waals surface area contributed by atoms with Gasteiger partial charge in [0.1, 0.15) is 37.7 Å². The number of phenolic OH excluding ortho intramolecular Hbond substituents is 1. The Morgan fingerprint density at radius 3 is 1.36 bits per heavy atom. The highest BCUT2D eigenvalue weighted by atomic mass is 17.2. The molecule has 0 saturated heterocycles. The lowest BCUT2D eigenvalue weighted by atomic mass is 10.1. The monoisotopic (exact) mass is 929 g/mol. The summed E-state index contributed by atoms with van der Waals surface area (Å²) in [5.41, 5.74) is -1.92. The lowest BCUT2D eigenvalue weighted by molar-refractivity contribution is -0.544. The summed E-state index contributed by atoms with van der Waals surface area (Å²) in [4.78, 5) is 61.5. The second-order valence-corrected chi connectivity index (χ2v) is 15.8. The van der Waals surface area contributed by atoms with Crippen molar-refractivity contribution in [1.82, 2.24) is 0 Å². The normalized spacial score (nSPS) is 16.3. The Morgan fingerprint density at radius 2 is 1.06 bits per heavy atom. The summed E-state index contributed by atoms with van der Waals surface area (Å²) in [7, 11) is 3.08. The molecule has 4 aliphatic heterocycles. The van der Waals surface area contributed by atoms with E-state index in [1.54, 1.807) is 72.9 Å². The highest BCUT2D eigenvalue weighted by molar-refractivity contribution is 6.00. The third-order valence-electron chi connectivity index (χ3n) is 9.09. The molecule has 0 radical (unpaired) electrons. The number of aliphatic imine (C=N–C) groups is 4. The molecule has 1 aromatic carbocycles. The number of methoxy groups -OCH3 is 2. The van der Waals surface area contributed by atoms with Crippen LogP contribution in [-0.4, -0.2) is 134 Å². The molecule has 0 bridgehead atoms. The van der Waals surface area contributed by atoms with Gasteiger partial charge < -0.3 is 14.6 Å². The first kappa shape index (κ1) is 60.5. The topological polar surface area (TPSA) is 283 Å². The van der Waals surface area contributed by atoms with Crippen LogP contribution >= 0.6 is 0 Å². The molecule has 4 heterocycles. The van der Waals surface area contributed by atoms with Crippen molar-refractivity contribution in [2.45, 2.75) is 91.8 Å². The number of benzene rings is 1. The van der Waals surface area contributed by atoms with Gasteiger partial charge in [0.15, 0.2) is 28.4 Å². The Labute approximate surface area is 388 Å². The molecule has 5 aliphatic rings. The van der Waals surface area contributed by atoms with Crippen LogP contribution in [0.15, 0.2) is 68.5 Å². The Balaban J connectivity index is 0.000000790. The van der Waals surface area contributed by atoms with E-state index in [2.05, 4.69) is 84.4 Å². The summed E-state index contributed by atoms with van der Waals surface area (Å²) in [5.74, 6) is 19.7. The molecule has 1 aliphatic carbocycles. The van der Waals surface area contributed by atoms with Gasteiger partial charge in [0.2, 0.25) is 23.3 Å². The highest BCUT2D eigenvalue weighted by Crippen LogP contribution is 2.24. The maximum Gasteiger partial charge on any atom is 0.240 e. The highest BCUT2D eigenvalue weighted by Gasteiger charge is 2.38. The number of allylic oxidation sites excluding steroid dienone is 2.